The molecule has 19 heavy (non-hydrogen) atoms. The molecule has 1 aliphatic heterocycles. The van der Waals surface area contributed by atoms with Crippen molar-refractivity contribution in [1.82, 2.24) is 10.2 Å². The second kappa shape index (κ2) is 6.60. The van der Waals surface area contributed by atoms with Crippen molar-refractivity contribution in [2.45, 2.75) is 63.8 Å². The van der Waals surface area contributed by atoms with E-state index in [4.69, 9.17) is 0 Å². The van der Waals surface area contributed by atoms with Gasteiger partial charge in [-0.3, -0.25) is 0 Å². The second-order valence-corrected chi connectivity index (χ2v) is 6.45. The Morgan fingerprint density at radius 2 is 1.79 bits per heavy atom. The maximum atomic E-state index is 12.4. The van der Waals surface area contributed by atoms with Crippen molar-refractivity contribution in [1.29, 1.82) is 0 Å². The molecule has 0 unspecified atom stereocenters. The third kappa shape index (κ3) is 3.85. The van der Waals surface area contributed by atoms with Gasteiger partial charge in [0.05, 0.1) is 12.1 Å². The molecule has 0 atom stereocenters. The first-order chi connectivity index (χ1) is 9.15. The van der Waals surface area contributed by atoms with Crippen molar-refractivity contribution in [2.24, 2.45) is 5.92 Å². The number of aliphatic hydroxyl groups is 1. The van der Waals surface area contributed by atoms with Crippen LogP contribution in [0, 0.1) is 5.92 Å². The van der Waals surface area contributed by atoms with Gasteiger partial charge in [0, 0.05) is 13.1 Å². The molecule has 0 aromatic rings. The van der Waals surface area contributed by atoms with Crippen molar-refractivity contribution in [3.8, 4) is 0 Å². The Morgan fingerprint density at radius 3 is 2.32 bits per heavy atom. The zero-order valence-electron chi connectivity index (χ0n) is 12.2. The third-order valence-electron chi connectivity index (χ3n) is 4.80. The molecule has 0 spiro atoms. The number of amides is 2. The van der Waals surface area contributed by atoms with E-state index in [1.807, 2.05) is 4.90 Å². The van der Waals surface area contributed by atoms with Gasteiger partial charge in [-0.25, -0.2) is 4.79 Å². The highest BCUT2D eigenvalue weighted by molar-refractivity contribution is 5.75. The van der Waals surface area contributed by atoms with E-state index in [0.717, 1.165) is 57.5 Å². The smallest absolute Gasteiger partial charge is 0.317 e. The highest BCUT2D eigenvalue weighted by Gasteiger charge is 2.36. The number of hydrogen-bond acceptors (Lipinski definition) is 2. The molecule has 1 heterocycles. The zero-order valence-corrected chi connectivity index (χ0v) is 12.2. The van der Waals surface area contributed by atoms with E-state index in [1.54, 1.807) is 0 Å². The largest absolute Gasteiger partial charge is 0.394 e. The highest BCUT2D eigenvalue weighted by Crippen LogP contribution is 2.31. The zero-order chi connectivity index (χ0) is 13.7. The summed E-state index contributed by atoms with van der Waals surface area (Å²) in [5.41, 5.74) is -0.365. The molecule has 0 radical (unpaired) electrons. The van der Waals surface area contributed by atoms with Gasteiger partial charge in [-0.15, -0.1) is 0 Å². The van der Waals surface area contributed by atoms with Crippen LogP contribution in [-0.4, -0.2) is 41.3 Å². The molecular weight excluding hydrogens is 240 g/mol. The van der Waals surface area contributed by atoms with Gasteiger partial charge in [-0.2, -0.15) is 0 Å². The SMILES string of the molecule is CC1CCC(CO)(NC(=O)N2CCCCCC2)CC1. The van der Waals surface area contributed by atoms with E-state index >= 15 is 0 Å². The number of hydrogen-bond donors (Lipinski definition) is 2. The van der Waals surface area contributed by atoms with E-state index in [0.29, 0.717) is 0 Å². The molecule has 0 bridgehead atoms. The average molecular weight is 268 g/mol. The molecule has 4 heteroatoms. The maximum Gasteiger partial charge on any atom is 0.317 e. The normalized spacial score (nSPS) is 32.7. The minimum Gasteiger partial charge on any atom is -0.394 e. The van der Waals surface area contributed by atoms with Crippen LogP contribution in [0.1, 0.15) is 58.3 Å². The van der Waals surface area contributed by atoms with Crippen molar-refractivity contribution in [3.63, 3.8) is 0 Å². The van der Waals surface area contributed by atoms with Crippen LogP contribution in [0.3, 0.4) is 0 Å². The molecule has 2 N–H and O–H groups in total. The lowest BCUT2D eigenvalue weighted by Crippen LogP contribution is -2.57. The average Bonchev–Trinajstić information content (AvgIpc) is 2.71. The van der Waals surface area contributed by atoms with Crippen LogP contribution >= 0.6 is 0 Å². The number of nitrogens with zero attached hydrogens (tertiary/aromatic N) is 1. The standard InChI is InChI=1S/C15H28N2O2/c1-13-6-8-15(12-18,9-7-13)16-14(19)17-10-4-2-3-5-11-17/h13,18H,2-12H2,1H3,(H,16,19). The van der Waals surface area contributed by atoms with Crippen molar-refractivity contribution >= 4 is 6.03 Å². The van der Waals surface area contributed by atoms with Gasteiger partial charge in [0.25, 0.3) is 0 Å². The molecular formula is C15H28N2O2. The Balaban J connectivity index is 1.91. The van der Waals surface area contributed by atoms with E-state index in [9.17, 15) is 9.90 Å². The fourth-order valence-corrected chi connectivity index (χ4v) is 3.22. The molecule has 2 aliphatic rings. The van der Waals surface area contributed by atoms with Gasteiger partial charge in [-0.1, -0.05) is 19.8 Å². The van der Waals surface area contributed by atoms with Gasteiger partial charge in [0.1, 0.15) is 0 Å². The summed E-state index contributed by atoms with van der Waals surface area (Å²) in [6.45, 7) is 4.05. The van der Waals surface area contributed by atoms with Crippen LogP contribution < -0.4 is 5.32 Å². The van der Waals surface area contributed by atoms with Crippen LogP contribution in [0.4, 0.5) is 4.79 Å². The summed E-state index contributed by atoms with van der Waals surface area (Å²) in [5, 5.41) is 12.8. The summed E-state index contributed by atoms with van der Waals surface area (Å²) in [6.07, 6.45) is 8.68. The maximum absolute atomic E-state index is 12.4. The minimum atomic E-state index is -0.365. The van der Waals surface area contributed by atoms with Crippen molar-refractivity contribution in [2.75, 3.05) is 19.7 Å². The lowest BCUT2D eigenvalue weighted by molar-refractivity contribution is 0.102. The number of carbonyl (C=O) groups excluding carboxylic acids is 1. The second-order valence-electron chi connectivity index (χ2n) is 6.45. The first-order valence-corrected chi connectivity index (χ1v) is 7.83. The summed E-state index contributed by atoms with van der Waals surface area (Å²) >= 11 is 0. The molecule has 2 fully saturated rings. The van der Waals surface area contributed by atoms with Gasteiger partial charge >= 0.3 is 6.03 Å². The molecule has 110 valence electrons. The highest BCUT2D eigenvalue weighted by atomic mass is 16.3. The monoisotopic (exact) mass is 268 g/mol. The van der Waals surface area contributed by atoms with Crippen LogP contribution in [-0.2, 0) is 0 Å². The Bertz CT molecular complexity index is 291. The summed E-state index contributed by atoms with van der Waals surface area (Å²) in [5.74, 6) is 0.717. The summed E-state index contributed by atoms with van der Waals surface area (Å²) < 4.78 is 0. The lowest BCUT2D eigenvalue weighted by atomic mass is 9.77. The van der Waals surface area contributed by atoms with E-state index in [-0.39, 0.29) is 18.2 Å². The summed E-state index contributed by atoms with van der Waals surface area (Å²) in [4.78, 5) is 14.3. The van der Waals surface area contributed by atoms with Gasteiger partial charge in [-0.05, 0) is 44.4 Å². The predicted octanol–water partition coefficient (Wildman–Crippen LogP) is 2.51. The van der Waals surface area contributed by atoms with Crippen molar-refractivity contribution in [3.05, 3.63) is 0 Å². The quantitative estimate of drug-likeness (QED) is 0.808. The number of carbonyl (C=O) groups is 1. The molecule has 1 aliphatic carbocycles. The number of aliphatic hydroxyl groups excluding tert-OH is 1. The van der Waals surface area contributed by atoms with Crippen LogP contribution in [0.5, 0.6) is 0 Å². The van der Waals surface area contributed by atoms with Crippen LogP contribution in [0.2, 0.25) is 0 Å². The first kappa shape index (κ1) is 14.6. The predicted molar refractivity (Wildman–Crippen MR) is 76.0 cm³/mol. The Hall–Kier alpha value is -0.770. The number of urea groups is 1. The van der Waals surface area contributed by atoms with Gasteiger partial charge in [0.2, 0.25) is 0 Å². The molecule has 1 saturated carbocycles. The third-order valence-corrected chi connectivity index (χ3v) is 4.80. The molecule has 1 saturated heterocycles. The summed E-state index contributed by atoms with van der Waals surface area (Å²) in [6, 6.07) is 0.0329. The minimum absolute atomic E-state index is 0.0329. The first-order valence-electron chi connectivity index (χ1n) is 7.83. The summed E-state index contributed by atoms with van der Waals surface area (Å²) in [7, 11) is 0. The van der Waals surface area contributed by atoms with E-state index < -0.39 is 0 Å². The van der Waals surface area contributed by atoms with E-state index in [2.05, 4.69) is 12.2 Å². The number of nitrogens with one attached hydrogen (secondary N) is 1. The Labute approximate surface area is 116 Å². The molecule has 2 amide bonds. The lowest BCUT2D eigenvalue weighted by Gasteiger charge is -2.40. The van der Waals surface area contributed by atoms with Gasteiger partial charge < -0.3 is 15.3 Å². The molecule has 0 aromatic heterocycles. The number of likely N-dealkylation sites (tertiary alicyclic amines) is 1. The molecule has 2 rings (SSSR count). The van der Waals surface area contributed by atoms with Crippen LogP contribution in [0.15, 0.2) is 0 Å². The number of rotatable bonds is 2. The van der Waals surface area contributed by atoms with Crippen LogP contribution in [0.25, 0.3) is 0 Å². The Kier molecular flexibility index (Phi) is 5.08. The molecule has 4 nitrogen and oxygen atoms in total. The topological polar surface area (TPSA) is 52.6 Å². The fourth-order valence-electron chi connectivity index (χ4n) is 3.22. The van der Waals surface area contributed by atoms with Crippen molar-refractivity contribution < 1.29 is 9.90 Å². The fraction of sp³-hybridized carbons (Fsp3) is 0.933. The van der Waals surface area contributed by atoms with E-state index in [1.165, 1.54) is 12.8 Å². The van der Waals surface area contributed by atoms with Gasteiger partial charge in [0.15, 0.2) is 0 Å². The Morgan fingerprint density at radius 1 is 1.21 bits per heavy atom. The molecule has 0 aromatic carbocycles.